The average molecular weight is 185 g/mol. The van der Waals surface area contributed by atoms with Crippen LogP contribution in [-0.2, 0) is 14.3 Å². The Morgan fingerprint density at radius 3 is 2.36 bits per heavy atom. The Balaban J connectivity index is 0.000001000. The van der Waals surface area contributed by atoms with Gasteiger partial charge in [-0.3, -0.25) is 0 Å². The van der Waals surface area contributed by atoms with E-state index in [4.69, 9.17) is 14.6 Å². The minimum Gasteiger partial charge on any atom is -0.479 e. The first-order valence-electron chi connectivity index (χ1n) is 3.06. The van der Waals surface area contributed by atoms with E-state index >= 15 is 0 Å². The molecule has 1 radical (unpaired) electrons. The summed E-state index contributed by atoms with van der Waals surface area (Å²) in [4.78, 5) is 10.3. The average Bonchev–Trinajstić information content (AvgIpc) is 2.10. The predicted molar refractivity (Wildman–Crippen MR) is 38.3 cm³/mol. The van der Waals surface area contributed by atoms with Crippen molar-refractivity contribution >= 4 is 57.4 Å². The van der Waals surface area contributed by atoms with Crippen molar-refractivity contribution < 1.29 is 19.4 Å². The van der Waals surface area contributed by atoms with E-state index in [1.54, 1.807) is 13.8 Å². The Labute approximate surface area is 108 Å². The summed E-state index contributed by atoms with van der Waals surface area (Å²) >= 11 is 0. The van der Waals surface area contributed by atoms with Crippen LogP contribution in [0.25, 0.3) is 0 Å². The Hall–Kier alpha value is 1.03. The zero-order valence-corrected chi connectivity index (χ0v) is 10.1. The SMILES string of the molecule is CC1(C)OC[C@H](C(=O)O)O1.[K]. The van der Waals surface area contributed by atoms with Crippen LogP contribution in [-0.4, -0.2) is 81.0 Å². The van der Waals surface area contributed by atoms with Gasteiger partial charge >= 0.3 is 5.97 Å². The molecule has 11 heavy (non-hydrogen) atoms. The van der Waals surface area contributed by atoms with E-state index in [0.29, 0.717) is 0 Å². The van der Waals surface area contributed by atoms with Gasteiger partial charge in [-0.2, -0.15) is 0 Å². The zero-order chi connectivity index (χ0) is 7.78. The van der Waals surface area contributed by atoms with Crippen molar-refractivity contribution in [1.82, 2.24) is 0 Å². The molecule has 1 aliphatic rings. The van der Waals surface area contributed by atoms with Gasteiger partial charge < -0.3 is 14.6 Å². The van der Waals surface area contributed by atoms with Crippen LogP contribution < -0.4 is 0 Å². The fourth-order valence-corrected chi connectivity index (χ4v) is 0.809. The van der Waals surface area contributed by atoms with E-state index in [-0.39, 0.29) is 58.0 Å². The quantitative estimate of drug-likeness (QED) is 0.577. The molecule has 1 fully saturated rings. The van der Waals surface area contributed by atoms with Crippen molar-refractivity contribution in [2.24, 2.45) is 0 Å². The van der Waals surface area contributed by atoms with Crippen molar-refractivity contribution in [3.05, 3.63) is 0 Å². The number of carboxylic acid groups (broad SMARTS) is 1. The second kappa shape index (κ2) is 4.32. The van der Waals surface area contributed by atoms with Gasteiger partial charge in [-0.25, -0.2) is 4.79 Å². The summed E-state index contributed by atoms with van der Waals surface area (Å²) in [5.41, 5.74) is 0. The van der Waals surface area contributed by atoms with E-state index in [9.17, 15) is 4.79 Å². The van der Waals surface area contributed by atoms with Gasteiger partial charge in [0.2, 0.25) is 0 Å². The summed E-state index contributed by atoms with van der Waals surface area (Å²) in [6, 6.07) is 0. The van der Waals surface area contributed by atoms with Crippen LogP contribution in [0.3, 0.4) is 0 Å². The van der Waals surface area contributed by atoms with Crippen LogP contribution >= 0.6 is 0 Å². The maximum atomic E-state index is 10.3. The Bertz CT molecular complexity index is 157. The zero-order valence-electron chi connectivity index (χ0n) is 6.96. The summed E-state index contributed by atoms with van der Waals surface area (Å²) in [5.74, 6) is -1.70. The van der Waals surface area contributed by atoms with Crippen molar-refractivity contribution in [3.63, 3.8) is 0 Å². The molecule has 1 heterocycles. The number of rotatable bonds is 1. The molecule has 1 N–H and O–H groups in total. The first kappa shape index (κ1) is 12.0. The predicted octanol–water partition coefficient (Wildman–Crippen LogP) is -0.158. The summed E-state index contributed by atoms with van der Waals surface area (Å²) < 4.78 is 10.00. The fraction of sp³-hybridized carbons (Fsp3) is 0.833. The van der Waals surface area contributed by atoms with E-state index in [1.165, 1.54) is 0 Å². The van der Waals surface area contributed by atoms with Gasteiger partial charge in [-0.1, -0.05) is 0 Å². The number of carbonyl (C=O) groups is 1. The molecule has 0 unspecified atom stereocenters. The van der Waals surface area contributed by atoms with Gasteiger partial charge in [0.25, 0.3) is 0 Å². The van der Waals surface area contributed by atoms with Gasteiger partial charge in [0.05, 0.1) is 6.61 Å². The molecule has 0 spiro atoms. The Kier molecular flexibility index (Phi) is 4.72. The van der Waals surface area contributed by atoms with Crippen LogP contribution in [0.4, 0.5) is 0 Å². The number of hydrogen-bond donors (Lipinski definition) is 1. The van der Waals surface area contributed by atoms with Gasteiger partial charge in [0.15, 0.2) is 11.9 Å². The summed E-state index contributed by atoms with van der Waals surface area (Å²) in [7, 11) is 0. The molecule has 1 atom stereocenters. The van der Waals surface area contributed by atoms with Crippen LogP contribution in [0.15, 0.2) is 0 Å². The van der Waals surface area contributed by atoms with Gasteiger partial charge in [0, 0.05) is 51.4 Å². The molecule has 1 rings (SSSR count). The van der Waals surface area contributed by atoms with Gasteiger partial charge in [-0.15, -0.1) is 0 Å². The Morgan fingerprint density at radius 2 is 2.18 bits per heavy atom. The van der Waals surface area contributed by atoms with Crippen LogP contribution in [0.5, 0.6) is 0 Å². The maximum absolute atomic E-state index is 10.3. The number of ether oxygens (including phenoxy) is 2. The van der Waals surface area contributed by atoms with Crippen LogP contribution in [0.2, 0.25) is 0 Å². The molecule has 5 heteroatoms. The third-order valence-corrected chi connectivity index (χ3v) is 1.28. The normalized spacial score (nSPS) is 27.6. The summed E-state index contributed by atoms with van der Waals surface area (Å²) in [5, 5.41) is 8.44. The molecule has 0 amide bonds. The first-order valence-corrected chi connectivity index (χ1v) is 3.06. The molecule has 0 saturated carbocycles. The Morgan fingerprint density at radius 1 is 1.64 bits per heavy atom. The smallest absolute Gasteiger partial charge is 0.335 e. The van der Waals surface area contributed by atoms with E-state index in [1.807, 2.05) is 0 Å². The van der Waals surface area contributed by atoms with Gasteiger partial charge in [0.1, 0.15) is 0 Å². The summed E-state index contributed by atoms with van der Waals surface area (Å²) in [6.45, 7) is 3.52. The molecule has 1 saturated heterocycles. The molecular weight excluding hydrogens is 175 g/mol. The maximum Gasteiger partial charge on any atom is 0.335 e. The minimum atomic E-state index is -0.967. The molecule has 0 aromatic heterocycles. The first-order chi connectivity index (χ1) is 4.51. The molecule has 0 aromatic rings. The van der Waals surface area contributed by atoms with Crippen molar-refractivity contribution in [1.29, 1.82) is 0 Å². The van der Waals surface area contributed by atoms with Gasteiger partial charge in [-0.05, 0) is 13.8 Å². The van der Waals surface area contributed by atoms with E-state index < -0.39 is 17.9 Å². The molecule has 4 nitrogen and oxygen atoms in total. The standard InChI is InChI=1S/C6H10O4.K/c1-6(2)9-3-4(10-6)5(7)8;/h4H,3H2,1-2H3,(H,7,8);/t4-;/m1./s1. The molecule has 59 valence electrons. The summed E-state index contributed by atoms with van der Waals surface area (Å²) in [6.07, 6.45) is -0.796. The van der Waals surface area contributed by atoms with Crippen LogP contribution in [0.1, 0.15) is 13.8 Å². The number of carboxylic acids is 1. The molecule has 1 aliphatic heterocycles. The molecular formula is C6H10KO4. The van der Waals surface area contributed by atoms with E-state index in [2.05, 4.69) is 0 Å². The van der Waals surface area contributed by atoms with Crippen molar-refractivity contribution in [2.75, 3.05) is 6.61 Å². The van der Waals surface area contributed by atoms with Crippen molar-refractivity contribution in [2.45, 2.75) is 25.7 Å². The molecule has 0 aliphatic carbocycles. The fourth-order valence-electron chi connectivity index (χ4n) is 0.809. The third-order valence-electron chi connectivity index (χ3n) is 1.28. The van der Waals surface area contributed by atoms with Crippen LogP contribution in [0, 0.1) is 0 Å². The second-order valence-corrected chi connectivity index (χ2v) is 2.66. The molecule has 0 aromatic carbocycles. The number of hydrogen-bond acceptors (Lipinski definition) is 3. The third kappa shape index (κ3) is 3.50. The van der Waals surface area contributed by atoms with E-state index in [0.717, 1.165) is 0 Å². The minimum absolute atomic E-state index is 0. The monoisotopic (exact) mass is 185 g/mol. The molecule has 0 bridgehead atoms. The topological polar surface area (TPSA) is 55.8 Å². The van der Waals surface area contributed by atoms with Crippen molar-refractivity contribution in [3.8, 4) is 0 Å². The largest absolute Gasteiger partial charge is 0.479 e. The second-order valence-electron chi connectivity index (χ2n) is 2.66. The number of aliphatic carboxylic acids is 1.